The molecule has 6 aromatic carbocycles. The molecule has 0 unspecified atom stereocenters. The Bertz CT molecular complexity index is 2880. The van der Waals surface area contributed by atoms with E-state index in [0.29, 0.717) is 17.5 Å². The second-order valence-electron chi connectivity index (χ2n) is 12.3. The molecule has 10 rings (SSSR count). The average molecular weight is 643 g/mol. The van der Waals surface area contributed by atoms with Crippen molar-refractivity contribution >= 4 is 43.9 Å². The van der Waals surface area contributed by atoms with Gasteiger partial charge in [0.2, 0.25) is 0 Å². The molecule has 0 aliphatic heterocycles. The Morgan fingerprint density at radius 1 is 0.380 bits per heavy atom. The lowest BCUT2D eigenvalue weighted by Crippen LogP contribution is -2.00. The minimum atomic E-state index is 0.566. The molecule has 0 spiro atoms. The van der Waals surface area contributed by atoms with Crippen molar-refractivity contribution < 1.29 is 8.83 Å². The van der Waals surface area contributed by atoms with E-state index in [-0.39, 0.29) is 0 Å². The van der Waals surface area contributed by atoms with Gasteiger partial charge in [0.15, 0.2) is 17.5 Å². The van der Waals surface area contributed by atoms with Crippen molar-refractivity contribution in [3.05, 3.63) is 158 Å². The van der Waals surface area contributed by atoms with Crippen molar-refractivity contribution in [2.45, 2.75) is 0 Å². The second-order valence-corrected chi connectivity index (χ2v) is 12.3. The largest absolute Gasteiger partial charge is 0.456 e. The Morgan fingerprint density at radius 3 is 1.88 bits per heavy atom. The summed E-state index contributed by atoms with van der Waals surface area (Å²) in [6.07, 6.45) is 3.64. The molecule has 0 aliphatic rings. The van der Waals surface area contributed by atoms with Crippen LogP contribution in [-0.2, 0) is 0 Å². The number of nitrogens with zero attached hydrogens (tertiary/aromatic N) is 4. The highest BCUT2D eigenvalue weighted by molar-refractivity contribution is 6.16. The normalized spacial score (nSPS) is 11.6. The first-order valence-electron chi connectivity index (χ1n) is 16.5. The lowest BCUT2D eigenvalue weighted by Gasteiger charge is -2.11. The molecule has 10 aromatic rings. The first kappa shape index (κ1) is 28.1. The van der Waals surface area contributed by atoms with E-state index >= 15 is 0 Å². The topological polar surface area (TPSA) is 77.8 Å². The summed E-state index contributed by atoms with van der Waals surface area (Å²) in [6.45, 7) is 0. The van der Waals surface area contributed by atoms with Gasteiger partial charge in [0.25, 0.3) is 0 Å². The van der Waals surface area contributed by atoms with Crippen LogP contribution in [0.25, 0.3) is 100 Å². The smallest absolute Gasteiger partial charge is 0.164 e. The van der Waals surface area contributed by atoms with Crippen LogP contribution < -0.4 is 0 Å². The van der Waals surface area contributed by atoms with E-state index in [0.717, 1.165) is 82.8 Å². The summed E-state index contributed by atoms with van der Waals surface area (Å²) in [4.78, 5) is 19.6. The molecule has 0 atom stereocenters. The van der Waals surface area contributed by atoms with Gasteiger partial charge in [-0.1, -0.05) is 97.1 Å². The van der Waals surface area contributed by atoms with Crippen LogP contribution in [0, 0.1) is 0 Å². The van der Waals surface area contributed by atoms with Crippen molar-refractivity contribution in [3.8, 4) is 56.4 Å². The standard InChI is InChI=1S/C44H26N4O2/c1-2-10-27(11-3-1)42-46-43(30-13-8-12-28(24-30)31-14-9-23-45-26-31)48-44(47-42)36-22-21-32(41-40(36)35-16-5-7-18-38(35)50-41)29-19-20-34-33-15-4-6-17-37(33)49-39(34)25-29/h1-26H. The predicted octanol–water partition coefficient (Wildman–Crippen LogP) is 11.4. The number of hydrogen-bond donors (Lipinski definition) is 0. The van der Waals surface area contributed by atoms with Crippen LogP contribution >= 0.6 is 0 Å². The maximum Gasteiger partial charge on any atom is 0.164 e. The number of aromatic nitrogens is 4. The van der Waals surface area contributed by atoms with E-state index in [1.807, 2.05) is 91.1 Å². The van der Waals surface area contributed by atoms with Crippen molar-refractivity contribution in [2.24, 2.45) is 0 Å². The number of para-hydroxylation sites is 2. The summed E-state index contributed by atoms with van der Waals surface area (Å²) in [5, 5.41) is 4.12. The van der Waals surface area contributed by atoms with Gasteiger partial charge >= 0.3 is 0 Å². The third-order valence-electron chi connectivity index (χ3n) is 9.24. The molecule has 6 nitrogen and oxygen atoms in total. The summed E-state index contributed by atoms with van der Waals surface area (Å²) >= 11 is 0. The Balaban J connectivity index is 1.20. The third-order valence-corrected chi connectivity index (χ3v) is 9.24. The quantitative estimate of drug-likeness (QED) is 0.186. The van der Waals surface area contributed by atoms with Gasteiger partial charge < -0.3 is 8.83 Å². The van der Waals surface area contributed by atoms with Crippen LogP contribution in [0.3, 0.4) is 0 Å². The van der Waals surface area contributed by atoms with Crippen LogP contribution in [0.1, 0.15) is 0 Å². The number of benzene rings is 6. The first-order valence-corrected chi connectivity index (χ1v) is 16.5. The van der Waals surface area contributed by atoms with Gasteiger partial charge in [0.05, 0.1) is 0 Å². The van der Waals surface area contributed by atoms with Gasteiger partial charge in [-0.2, -0.15) is 0 Å². The Hall–Kier alpha value is -6.92. The summed E-state index contributed by atoms with van der Waals surface area (Å²) in [5.74, 6) is 1.74. The minimum absolute atomic E-state index is 0.566. The van der Waals surface area contributed by atoms with E-state index in [1.54, 1.807) is 6.20 Å². The Morgan fingerprint density at radius 2 is 1.04 bits per heavy atom. The lowest BCUT2D eigenvalue weighted by molar-refractivity contribution is 0.668. The fraction of sp³-hybridized carbons (Fsp3) is 0. The Kier molecular flexibility index (Phi) is 6.39. The van der Waals surface area contributed by atoms with Crippen molar-refractivity contribution in [1.82, 2.24) is 19.9 Å². The molecule has 0 fully saturated rings. The van der Waals surface area contributed by atoms with E-state index in [4.69, 9.17) is 23.8 Å². The van der Waals surface area contributed by atoms with Gasteiger partial charge in [-0.25, -0.2) is 15.0 Å². The van der Waals surface area contributed by atoms with Gasteiger partial charge in [0, 0.05) is 61.8 Å². The molecule has 50 heavy (non-hydrogen) atoms. The zero-order valence-electron chi connectivity index (χ0n) is 26.6. The number of hydrogen-bond acceptors (Lipinski definition) is 6. The molecule has 0 saturated carbocycles. The second kappa shape index (κ2) is 11.4. The van der Waals surface area contributed by atoms with Crippen LogP contribution in [-0.4, -0.2) is 19.9 Å². The fourth-order valence-electron chi connectivity index (χ4n) is 6.85. The average Bonchev–Trinajstić information content (AvgIpc) is 3.77. The number of fused-ring (bicyclic) bond motifs is 6. The van der Waals surface area contributed by atoms with Crippen LogP contribution in [0.4, 0.5) is 0 Å². The summed E-state index contributed by atoms with van der Waals surface area (Å²) in [7, 11) is 0. The molecule has 0 radical (unpaired) electrons. The van der Waals surface area contributed by atoms with Crippen LogP contribution in [0.5, 0.6) is 0 Å². The molecule has 234 valence electrons. The van der Waals surface area contributed by atoms with E-state index in [9.17, 15) is 0 Å². The molecule has 0 N–H and O–H groups in total. The molecule has 0 saturated heterocycles. The molecular formula is C44H26N4O2. The lowest BCUT2D eigenvalue weighted by atomic mass is 9.97. The fourth-order valence-corrected chi connectivity index (χ4v) is 6.85. The highest BCUT2D eigenvalue weighted by atomic mass is 16.3. The third kappa shape index (κ3) is 4.65. The molecule has 4 heterocycles. The number of pyridine rings is 1. The first-order chi connectivity index (χ1) is 24.8. The van der Waals surface area contributed by atoms with E-state index in [1.165, 1.54) is 0 Å². The molecule has 6 heteroatoms. The highest BCUT2D eigenvalue weighted by Gasteiger charge is 2.21. The number of rotatable bonds is 5. The SMILES string of the molecule is c1ccc(-c2nc(-c3cccc(-c4cccnc4)c3)nc(-c3ccc(-c4ccc5c(c4)oc4ccccc45)c4oc5ccccc5c34)n2)cc1. The zero-order chi connectivity index (χ0) is 33.0. The maximum absolute atomic E-state index is 6.66. The van der Waals surface area contributed by atoms with Crippen molar-refractivity contribution in [1.29, 1.82) is 0 Å². The van der Waals surface area contributed by atoms with Crippen molar-refractivity contribution in [2.75, 3.05) is 0 Å². The monoisotopic (exact) mass is 642 g/mol. The van der Waals surface area contributed by atoms with Crippen LogP contribution in [0.2, 0.25) is 0 Å². The molecule has 4 aromatic heterocycles. The van der Waals surface area contributed by atoms with Crippen molar-refractivity contribution in [3.63, 3.8) is 0 Å². The minimum Gasteiger partial charge on any atom is -0.456 e. The van der Waals surface area contributed by atoms with Gasteiger partial charge in [-0.05, 0) is 59.7 Å². The summed E-state index contributed by atoms with van der Waals surface area (Å²) in [5.41, 5.74) is 9.94. The number of furan rings is 2. The molecule has 0 amide bonds. The summed E-state index contributed by atoms with van der Waals surface area (Å²) in [6, 6.07) is 49.1. The van der Waals surface area contributed by atoms with Gasteiger partial charge in [0.1, 0.15) is 22.3 Å². The highest BCUT2D eigenvalue weighted by Crippen LogP contribution is 2.42. The molecule has 0 bridgehead atoms. The Labute approximate surface area is 286 Å². The van der Waals surface area contributed by atoms with E-state index < -0.39 is 0 Å². The maximum atomic E-state index is 6.66. The van der Waals surface area contributed by atoms with Gasteiger partial charge in [-0.3, -0.25) is 4.98 Å². The molecular weight excluding hydrogens is 617 g/mol. The predicted molar refractivity (Wildman–Crippen MR) is 199 cm³/mol. The van der Waals surface area contributed by atoms with Crippen LogP contribution in [0.15, 0.2) is 167 Å². The van der Waals surface area contributed by atoms with Gasteiger partial charge in [-0.15, -0.1) is 0 Å². The van der Waals surface area contributed by atoms with E-state index in [2.05, 4.69) is 65.6 Å². The molecule has 0 aliphatic carbocycles. The zero-order valence-corrected chi connectivity index (χ0v) is 26.6. The summed E-state index contributed by atoms with van der Waals surface area (Å²) < 4.78 is 12.9.